The van der Waals surface area contributed by atoms with Crippen LogP contribution in [0.1, 0.15) is 48.0 Å². The Balaban J connectivity index is 2.22. The van der Waals surface area contributed by atoms with Crippen LogP contribution in [0.4, 0.5) is 4.79 Å². The molecule has 21 heavy (non-hydrogen) atoms. The third kappa shape index (κ3) is 4.08. The summed E-state index contributed by atoms with van der Waals surface area (Å²) in [7, 11) is -0.626. The lowest BCUT2D eigenvalue weighted by molar-refractivity contribution is -0.0238. The lowest BCUT2D eigenvalue weighted by atomic mass is 9.79. The van der Waals surface area contributed by atoms with E-state index >= 15 is 0 Å². The van der Waals surface area contributed by atoms with Gasteiger partial charge in [-0.15, -0.1) is 0 Å². The highest BCUT2D eigenvalue weighted by Crippen LogP contribution is 2.25. The van der Waals surface area contributed by atoms with E-state index in [-0.39, 0.29) is 11.7 Å². The number of nitrogens with zero attached hydrogens (tertiary/aromatic N) is 2. The number of ether oxygens (including phenoxy) is 1. The zero-order chi connectivity index (χ0) is 15.8. The van der Waals surface area contributed by atoms with Crippen LogP contribution in [0.25, 0.3) is 0 Å². The number of carbonyl (C=O) groups is 1. The lowest BCUT2D eigenvalue weighted by Gasteiger charge is -2.38. The molecule has 0 radical (unpaired) electrons. The molecule has 1 aliphatic heterocycles. The third-order valence-corrected chi connectivity index (χ3v) is 3.04. The van der Waals surface area contributed by atoms with Gasteiger partial charge in [0, 0.05) is 12.3 Å². The molecule has 1 aliphatic rings. The Morgan fingerprint density at radius 1 is 1.52 bits per heavy atom. The van der Waals surface area contributed by atoms with E-state index in [1.165, 1.54) is 10.9 Å². The maximum atomic E-state index is 12.2. The first-order chi connectivity index (χ1) is 9.57. The van der Waals surface area contributed by atoms with Crippen molar-refractivity contribution in [2.45, 2.75) is 65.3 Å². The van der Waals surface area contributed by atoms with Crippen LogP contribution in [-0.2, 0) is 14.0 Å². The summed E-state index contributed by atoms with van der Waals surface area (Å²) in [5.41, 5.74) is -0.351. The highest BCUT2D eigenvalue weighted by Gasteiger charge is 2.41. The summed E-state index contributed by atoms with van der Waals surface area (Å²) in [6.07, 6.45) is 1.84. The summed E-state index contributed by atoms with van der Waals surface area (Å²) < 4.78 is 18.3. The average molecular weight is 294 g/mol. The van der Waals surface area contributed by atoms with Crippen molar-refractivity contribution >= 4 is 18.8 Å². The van der Waals surface area contributed by atoms with Gasteiger partial charge in [0.1, 0.15) is 5.60 Å². The van der Waals surface area contributed by atoms with Gasteiger partial charge in [-0.2, -0.15) is 9.78 Å². The van der Waals surface area contributed by atoms with Crippen molar-refractivity contribution in [2.24, 2.45) is 0 Å². The number of hydrogen-bond donors (Lipinski definition) is 0. The fourth-order valence-corrected chi connectivity index (χ4v) is 2.40. The predicted molar refractivity (Wildman–Crippen MR) is 79.6 cm³/mol. The molecule has 0 amide bonds. The smallest absolute Gasteiger partial charge is 0.442 e. The van der Waals surface area contributed by atoms with E-state index in [0.717, 1.165) is 6.42 Å². The van der Waals surface area contributed by atoms with Gasteiger partial charge in [0.15, 0.2) is 0 Å². The summed E-state index contributed by atoms with van der Waals surface area (Å²) in [6, 6.07) is 1.71. The van der Waals surface area contributed by atoms with Gasteiger partial charge in [-0.05, 0) is 54.0 Å². The van der Waals surface area contributed by atoms with Crippen molar-refractivity contribution in [1.82, 2.24) is 9.78 Å². The molecule has 1 aromatic heterocycles. The molecule has 116 valence electrons. The Labute approximate surface area is 125 Å². The van der Waals surface area contributed by atoms with Crippen molar-refractivity contribution in [3.8, 4) is 0 Å². The van der Waals surface area contributed by atoms with Crippen LogP contribution in [0.2, 0.25) is 0 Å². The molecule has 0 aliphatic carbocycles. The Bertz CT molecular complexity index is 521. The first kappa shape index (κ1) is 16.0. The van der Waals surface area contributed by atoms with Gasteiger partial charge in [-0.25, -0.2) is 4.79 Å². The molecule has 7 heteroatoms. The zero-order valence-corrected chi connectivity index (χ0v) is 13.5. The van der Waals surface area contributed by atoms with Crippen LogP contribution in [0.15, 0.2) is 12.3 Å². The van der Waals surface area contributed by atoms with Crippen LogP contribution in [-0.4, -0.2) is 40.3 Å². The van der Waals surface area contributed by atoms with E-state index in [2.05, 4.69) is 5.10 Å². The second-order valence-electron chi connectivity index (χ2n) is 7.01. The van der Waals surface area contributed by atoms with Crippen molar-refractivity contribution in [2.75, 3.05) is 0 Å². The largest absolute Gasteiger partial charge is 0.514 e. The van der Waals surface area contributed by atoms with Gasteiger partial charge in [-0.3, -0.25) is 0 Å². The summed E-state index contributed by atoms with van der Waals surface area (Å²) >= 11 is 0. The number of aromatic nitrogens is 2. The quantitative estimate of drug-likeness (QED) is 0.741. The molecule has 2 heterocycles. The predicted octanol–water partition coefficient (Wildman–Crippen LogP) is 1.97. The fraction of sp³-hybridized carbons (Fsp3) is 0.714. The Morgan fingerprint density at radius 3 is 2.76 bits per heavy atom. The molecule has 6 nitrogen and oxygen atoms in total. The maximum Gasteiger partial charge on any atom is 0.514 e. The molecule has 1 unspecified atom stereocenters. The molecule has 0 aromatic carbocycles. The highest BCUT2D eigenvalue weighted by atomic mass is 16.6. The minimum absolute atomic E-state index is 0.0423. The fourth-order valence-electron chi connectivity index (χ4n) is 2.40. The van der Waals surface area contributed by atoms with E-state index in [0.29, 0.717) is 5.59 Å². The van der Waals surface area contributed by atoms with E-state index in [1.807, 2.05) is 41.5 Å². The topological polar surface area (TPSA) is 62.6 Å². The van der Waals surface area contributed by atoms with Gasteiger partial charge in [0.25, 0.3) is 0 Å². The van der Waals surface area contributed by atoms with E-state index in [9.17, 15) is 4.79 Å². The molecule has 1 saturated heterocycles. The Hall–Kier alpha value is -1.34. The zero-order valence-electron chi connectivity index (χ0n) is 13.5. The SMILES string of the molecule is CC1CC(C)(C)OB(c2ccnn2C(=O)OC(C)(C)C)O1. The lowest BCUT2D eigenvalue weighted by Crippen LogP contribution is -2.54. The molecule has 0 saturated carbocycles. The maximum absolute atomic E-state index is 12.2. The van der Waals surface area contributed by atoms with Crippen molar-refractivity contribution < 1.29 is 18.8 Å². The van der Waals surface area contributed by atoms with E-state index < -0.39 is 18.8 Å². The Morgan fingerprint density at radius 2 is 2.19 bits per heavy atom. The number of carbonyl (C=O) groups excluding carboxylic acids is 1. The van der Waals surface area contributed by atoms with Crippen molar-refractivity contribution in [1.29, 1.82) is 0 Å². The molecule has 0 spiro atoms. The molecule has 0 bridgehead atoms. The normalized spacial score (nSPS) is 22.2. The van der Waals surface area contributed by atoms with Gasteiger partial charge in [-0.1, -0.05) is 0 Å². The van der Waals surface area contributed by atoms with Gasteiger partial charge in [0.2, 0.25) is 0 Å². The van der Waals surface area contributed by atoms with Crippen LogP contribution in [0.3, 0.4) is 0 Å². The molecule has 0 N–H and O–H groups in total. The van der Waals surface area contributed by atoms with Crippen molar-refractivity contribution in [3.05, 3.63) is 12.3 Å². The summed E-state index contributed by atoms with van der Waals surface area (Å²) in [4.78, 5) is 12.2. The average Bonchev–Trinajstić information content (AvgIpc) is 2.71. The van der Waals surface area contributed by atoms with Crippen LogP contribution >= 0.6 is 0 Å². The van der Waals surface area contributed by atoms with Crippen LogP contribution in [0.5, 0.6) is 0 Å². The first-order valence-corrected chi connectivity index (χ1v) is 7.18. The standard InChI is InChI=1S/C14H23BN2O4/c1-10-9-14(5,6)21-15(20-10)11-7-8-16-17(11)12(18)19-13(2,3)4/h7-8,10H,9H2,1-6H3. The molecule has 1 atom stereocenters. The van der Waals surface area contributed by atoms with Gasteiger partial charge >= 0.3 is 13.2 Å². The third-order valence-electron chi connectivity index (χ3n) is 3.04. The van der Waals surface area contributed by atoms with Crippen LogP contribution in [0, 0.1) is 0 Å². The van der Waals surface area contributed by atoms with Gasteiger partial charge in [0.05, 0.1) is 11.2 Å². The summed E-state index contributed by atoms with van der Waals surface area (Å²) in [5, 5.41) is 4.03. The highest BCUT2D eigenvalue weighted by molar-refractivity contribution is 6.61. The summed E-state index contributed by atoms with van der Waals surface area (Å²) in [6.45, 7) is 11.4. The molecular weight excluding hydrogens is 271 g/mol. The monoisotopic (exact) mass is 294 g/mol. The molecule has 1 aromatic rings. The second-order valence-corrected chi connectivity index (χ2v) is 7.01. The Kier molecular flexibility index (Phi) is 4.17. The molecule has 2 rings (SSSR count). The number of hydrogen-bond acceptors (Lipinski definition) is 5. The minimum atomic E-state index is -0.626. The number of rotatable bonds is 1. The van der Waals surface area contributed by atoms with Crippen LogP contribution < -0.4 is 5.59 Å². The van der Waals surface area contributed by atoms with E-state index in [4.69, 9.17) is 14.0 Å². The minimum Gasteiger partial charge on any atom is -0.442 e. The summed E-state index contributed by atoms with van der Waals surface area (Å²) in [5.74, 6) is 0. The second kappa shape index (κ2) is 5.46. The van der Waals surface area contributed by atoms with Gasteiger partial charge < -0.3 is 14.0 Å². The van der Waals surface area contributed by atoms with Crippen molar-refractivity contribution in [3.63, 3.8) is 0 Å². The molecular formula is C14H23BN2O4. The molecule has 1 fully saturated rings. The van der Waals surface area contributed by atoms with E-state index in [1.54, 1.807) is 6.07 Å². The first-order valence-electron chi connectivity index (χ1n) is 7.18.